The van der Waals surface area contributed by atoms with Gasteiger partial charge in [-0.3, -0.25) is 4.79 Å². The molecule has 0 N–H and O–H groups in total. The molecule has 0 aromatic rings. The Hall–Kier alpha value is -0.450. The summed E-state index contributed by atoms with van der Waals surface area (Å²) in [5, 5.41) is 0. The van der Waals surface area contributed by atoms with Crippen LogP contribution in [0.5, 0.6) is 0 Å². The van der Waals surface area contributed by atoms with Gasteiger partial charge in [0, 0.05) is 6.61 Å². The number of hydrogen-bond acceptors (Lipinski definition) is 4. The molecule has 0 aliphatic carbocycles. The second-order valence-corrected chi connectivity index (χ2v) is 12.5. The van der Waals surface area contributed by atoms with Gasteiger partial charge in [0.2, 0.25) is 0 Å². The normalized spacial score (nSPS) is 16.1. The van der Waals surface area contributed by atoms with Gasteiger partial charge >= 0.3 is 0 Å². The molecule has 1 unspecified atom stereocenters. The minimum atomic E-state index is -0.461. The van der Waals surface area contributed by atoms with Crippen LogP contribution in [0.25, 0.3) is 0 Å². The highest BCUT2D eigenvalue weighted by molar-refractivity contribution is 5.81. The third-order valence-corrected chi connectivity index (χ3v) is 8.50. The van der Waals surface area contributed by atoms with Crippen molar-refractivity contribution in [1.29, 1.82) is 0 Å². The molecule has 4 heteroatoms. The summed E-state index contributed by atoms with van der Waals surface area (Å²) in [6, 6.07) is 0. The molecule has 1 saturated heterocycles. The van der Waals surface area contributed by atoms with E-state index >= 15 is 0 Å². The molecule has 0 amide bonds. The van der Waals surface area contributed by atoms with E-state index in [0.29, 0.717) is 0 Å². The van der Waals surface area contributed by atoms with Crippen LogP contribution >= 0.6 is 0 Å². The molecule has 0 radical (unpaired) electrons. The van der Waals surface area contributed by atoms with Crippen molar-refractivity contribution in [2.24, 2.45) is 0 Å². The van der Waals surface area contributed by atoms with Crippen molar-refractivity contribution in [2.45, 2.75) is 200 Å². The third kappa shape index (κ3) is 21.0. The zero-order valence-electron chi connectivity index (χ0n) is 26.7. The van der Waals surface area contributed by atoms with Crippen molar-refractivity contribution in [2.75, 3.05) is 19.8 Å². The Morgan fingerprint density at radius 2 is 0.897 bits per heavy atom. The van der Waals surface area contributed by atoms with Gasteiger partial charge in [0.25, 0.3) is 0 Å². The molecule has 0 aromatic heterocycles. The molecule has 0 aromatic carbocycles. The van der Waals surface area contributed by atoms with Gasteiger partial charge in [-0.15, -0.1) is 0 Å². The van der Waals surface area contributed by atoms with Gasteiger partial charge in [0.05, 0.1) is 0 Å². The number of carbonyl (C=O) groups excluding carboxylic acids is 1. The van der Waals surface area contributed by atoms with Gasteiger partial charge in [-0.05, 0) is 19.8 Å². The number of rotatable bonds is 29. The number of ketones is 1. The fraction of sp³-hybridized carbons (Fsp3) is 0.971. The van der Waals surface area contributed by atoms with Crippen molar-refractivity contribution in [3.63, 3.8) is 0 Å². The Bertz CT molecular complexity index is 527. The van der Waals surface area contributed by atoms with Crippen molar-refractivity contribution in [1.82, 2.24) is 0 Å². The molecule has 4 nitrogen and oxygen atoms in total. The quantitative estimate of drug-likeness (QED) is 0.0866. The predicted octanol–water partition coefficient (Wildman–Crippen LogP) is 10.9. The van der Waals surface area contributed by atoms with Crippen LogP contribution in [0.15, 0.2) is 0 Å². The molecule has 1 aliphatic rings. The van der Waals surface area contributed by atoms with E-state index in [2.05, 4.69) is 20.8 Å². The van der Waals surface area contributed by atoms with Crippen molar-refractivity contribution in [3.8, 4) is 0 Å². The fourth-order valence-electron chi connectivity index (χ4n) is 5.78. The van der Waals surface area contributed by atoms with E-state index in [1.54, 1.807) is 0 Å². The molecule has 0 bridgehead atoms. The first-order valence-corrected chi connectivity index (χ1v) is 17.5. The maximum Gasteiger partial charge on any atom is 0.187 e. The zero-order valence-corrected chi connectivity index (χ0v) is 26.7. The van der Waals surface area contributed by atoms with Crippen molar-refractivity contribution in [3.05, 3.63) is 0 Å². The maximum absolute atomic E-state index is 11.6. The summed E-state index contributed by atoms with van der Waals surface area (Å²) in [4.78, 5) is 11.6. The average Bonchev–Trinajstić information content (AvgIpc) is 2.94. The fourth-order valence-corrected chi connectivity index (χ4v) is 5.78. The molecular weight excluding hydrogens is 484 g/mol. The SMILES string of the molecule is CCCCCCCCCCCCCCCCCCOC(C)(CCCCCCCCCCC)C1OCC(=O)CO1. The lowest BCUT2D eigenvalue weighted by Crippen LogP contribution is -2.49. The highest BCUT2D eigenvalue weighted by Crippen LogP contribution is 2.29. The van der Waals surface area contributed by atoms with Crippen LogP contribution in [0.3, 0.4) is 0 Å². The van der Waals surface area contributed by atoms with Gasteiger partial charge in [0.1, 0.15) is 18.8 Å². The summed E-state index contributed by atoms with van der Waals surface area (Å²) in [6.45, 7) is 7.75. The molecule has 1 heterocycles. The first-order chi connectivity index (χ1) is 19.1. The van der Waals surface area contributed by atoms with Crippen molar-refractivity contribution >= 4 is 5.78 Å². The lowest BCUT2D eigenvalue weighted by Gasteiger charge is -2.38. The molecule has 0 saturated carbocycles. The molecule has 1 atom stereocenters. The highest BCUT2D eigenvalue weighted by Gasteiger charge is 2.39. The second-order valence-electron chi connectivity index (χ2n) is 12.5. The molecule has 1 fully saturated rings. The highest BCUT2D eigenvalue weighted by atomic mass is 16.7. The molecule has 1 aliphatic heterocycles. The van der Waals surface area contributed by atoms with E-state index in [1.807, 2.05) is 0 Å². The molecule has 232 valence electrons. The van der Waals surface area contributed by atoms with Gasteiger partial charge < -0.3 is 14.2 Å². The number of ether oxygens (including phenoxy) is 3. The Labute approximate surface area is 244 Å². The Balaban J connectivity index is 2.07. The minimum Gasteiger partial charge on any atom is -0.370 e. The first-order valence-electron chi connectivity index (χ1n) is 17.5. The molecule has 1 rings (SSSR count). The largest absolute Gasteiger partial charge is 0.370 e. The van der Waals surface area contributed by atoms with Gasteiger partial charge in [-0.25, -0.2) is 0 Å². The predicted molar refractivity (Wildman–Crippen MR) is 166 cm³/mol. The lowest BCUT2D eigenvalue weighted by atomic mass is 9.95. The summed E-state index contributed by atoms with van der Waals surface area (Å²) in [5.74, 6) is 0.0227. The number of hydrogen-bond donors (Lipinski definition) is 0. The van der Waals surface area contributed by atoms with E-state index < -0.39 is 11.9 Å². The van der Waals surface area contributed by atoms with E-state index in [9.17, 15) is 4.79 Å². The second kappa shape index (κ2) is 26.4. The Morgan fingerprint density at radius 1 is 0.564 bits per heavy atom. The number of Topliss-reactive ketones (excluding diaryl/α,β-unsaturated/α-hetero) is 1. The standard InChI is InChI=1S/C35H68O4/c1-4-6-8-10-12-14-15-16-17-18-19-20-22-24-26-28-30-39-35(3,34-37-31-33(36)32-38-34)29-27-25-23-21-13-11-9-7-5-2/h34H,4-32H2,1-3H3. The summed E-state index contributed by atoms with van der Waals surface area (Å²) in [7, 11) is 0. The van der Waals surface area contributed by atoms with Crippen LogP contribution in [-0.4, -0.2) is 37.5 Å². The van der Waals surface area contributed by atoms with E-state index in [0.717, 1.165) is 25.9 Å². The van der Waals surface area contributed by atoms with E-state index in [1.165, 1.54) is 148 Å². The summed E-state index contributed by atoms with van der Waals surface area (Å²) >= 11 is 0. The average molecular weight is 553 g/mol. The number of unbranched alkanes of at least 4 members (excludes halogenated alkanes) is 23. The third-order valence-electron chi connectivity index (χ3n) is 8.50. The number of carbonyl (C=O) groups is 1. The van der Waals surface area contributed by atoms with Crippen molar-refractivity contribution < 1.29 is 19.0 Å². The Kier molecular flexibility index (Phi) is 24.8. The molecular formula is C35H68O4. The van der Waals surface area contributed by atoms with Gasteiger partial charge in [-0.2, -0.15) is 0 Å². The van der Waals surface area contributed by atoms with E-state index in [-0.39, 0.29) is 19.0 Å². The lowest BCUT2D eigenvalue weighted by molar-refractivity contribution is -0.262. The monoisotopic (exact) mass is 553 g/mol. The van der Waals surface area contributed by atoms with Gasteiger partial charge in [-0.1, -0.05) is 168 Å². The summed E-state index contributed by atoms with van der Waals surface area (Å²) in [5.41, 5.74) is -0.461. The molecule has 0 spiro atoms. The van der Waals surface area contributed by atoms with E-state index in [4.69, 9.17) is 14.2 Å². The molecule has 39 heavy (non-hydrogen) atoms. The van der Waals surface area contributed by atoms with Crippen LogP contribution in [-0.2, 0) is 19.0 Å². The smallest absolute Gasteiger partial charge is 0.187 e. The summed E-state index contributed by atoms with van der Waals surface area (Å²) in [6.07, 6.45) is 34.4. The summed E-state index contributed by atoms with van der Waals surface area (Å²) < 4.78 is 18.0. The van der Waals surface area contributed by atoms with Crippen LogP contribution in [0.4, 0.5) is 0 Å². The van der Waals surface area contributed by atoms with Crippen LogP contribution < -0.4 is 0 Å². The van der Waals surface area contributed by atoms with Crippen LogP contribution in [0.1, 0.15) is 188 Å². The zero-order chi connectivity index (χ0) is 28.3. The first kappa shape index (κ1) is 36.6. The topological polar surface area (TPSA) is 44.8 Å². The van der Waals surface area contributed by atoms with Gasteiger partial charge in [0.15, 0.2) is 12.1 Å². The Morgan fingerprint density at radius 3 is 1.28 bits per heavy atom. The maximum atomic E-state index is 11.6. The van der Waals surface area contributed by atoms with Crippen LogP contribution in [0.2, 0.25) is 0 Å². The minimum absolute atomic E-state index is 0.0227. The van der Waals surface area contributed by atoms with Crippen LogP contribution in [0, 0.1) is 0 Å².